The van der Waals surface area contributed by atoms with E-state index in [0.29, 0.717) is 5.69 Å². The minimum Gasteiger partial charge on any atom is -0.331 e. The summed E-state index contributed by atoms with van der Waals surface area (Å²) in [6.45, 7) is 3.54. The number of rotatable bonds is 4. The van der Waals surface area contributed by atoms with Gasteiger partial charge < -0.3 is 15.5 Å². The van der Waals surface area contributed by atoms with Crippen molar-refractivity contribution in [2.45, 2.75) is 25.8 Å². The Hall–Kier alpha value is -2.40. The highest BCUT2D eigenvalue weighted by Gasteiger charge is 2.13. The van der Waals surface area contributed by atoms with Crippen molar-refractivity contribution in [3.05, 3.63) is 59.9 Å². The Kier molecular flexibility index (Phi) is 5.43. The molecule has 0 saturated carbocycles. The summed E-state index contributed by atoms with van der Waals surface area (Å²) in [5, 5.41) is 5.46. The van der Waals surface area contributed by atoms with Crippen LogP contribution in [-0.4, -0.2) is 19.1 Å². The number of likely N-dealkylation sites (tertiary alicyclic amines) is 1. The molecule has 1 saturated heterocycles. The normalized spacial score (nSPS) is 15.0. The fourth-order valence-corrected chi connectivity index (χ4v) is 3.05. The minimum atomic E-state index is -0.337. The van der Waals surface area contributed by atoms with E-state index in [2.05, 4.69) is 22.8 Å². The van der Waals surface area contributed by atoms with Crippen LogP contribution in [0.25, 0.3) is 0 Å². The first kappa shape index (κ1) is 16.5. The maximum absolute atomic E-state index is 12.8. The highest BCUT2D eigenvalue weighted by atomic mass is 19.1. The quantitative estimate of drug-likeness (QED) is 0.794. The smallest absolute Gasteiger partial charge is 0.323 e. The SMILES string of the molecule is O=C(Nc1ccc(F)cc1)Nc1ccc(C[NH+]2CCCCC2)cc1. The zero-order valence-electron chi connectivity index (χ0n) is 13.6. The summed E-state index contributed by atoms with van der Waals surface area (Å²) in [4.78, 5) is 13.6. The molecule has 2 amide bonds. The van der Waals surface area contributed by atoms with E-state index < -0.39 is 0 Å². The highest BCUT2D eigenvalue weighted by molar-refractivity contribution is 5.99. The molecule has 0 spiro atoms. The van der Waals surface area contributed by atoms with Crippen LogP contribution in [0.5, 0.6) is 0 Å². The third-order valence-electron chi connectivity index (χ3n) is 4.33. The van der Waals surface area contributed by atoms with E-state index >= 15 is 0 Å². The van der Waals surface area contributed by atoms with E-state index in [1.54, 1.807) is 4.90 Å². The van der Waals surface area contributed by atoms with Crippen LogP contribution in [0.2, 0.25) is 0 Å². The van der Waals surface area contributed by atoms with Gasteiger partial charge in [0.1, 0.15) is 12.4 Å². The molecule has 1 aliphatic rings. The predicted molar refractivity (Wildman–Crippen MR) is 93.7 cm³/mol. The second kappa shape index (κ2) is 7.93. The maximum Gasteiger partial charge on any atom is 0.323 e. The molecule has 3 N–H and O–H groups in total. The number of piperidine rings is 1. The van der Waals surface area contributed by atoms with Gasteiger partial charge in [0.25, 0.3) is 0 Å². The number of hydrogen-bond acceptors (Lipinski definition) is 1. The third-order valence-corrected chi connectivity index (χ3v) is 4.33. The number of amides is 2. The van der Waals surface area contributed by atoms with Crippen molar-refractivity contribution < 1.29 is 14.1 Å². The van der Waals surface area contributed by atoms with Gasteiger partial charge in [-0.25, -0.2) is 9.18 Å². The van der Waals surface area contributed by atoms with Crippen LogP contribution in [0, 0.1) is 5.82 Å². The summed E-state index contributed by atoms with van der Waals surface area (Å²) < 4.78 is 12.8. The van der Waals surface area contributed by atoms with Gasteiger partial charge in [-0.05, 0) is 55.7 Å². The Labute approximate surface area is 141 Å². The van der Waals surface area contributed by atoms with Crippen LogP contribution in [0.1, 0.15) is 24.8 Å². The van der Waals surface area contributed by atoms with E-state index in [0.717, 1.165) is 12.2 Å². The molecule has 126 valence electrons. The van der Waals surface area contributed by atoms with Crippen molar-refractivity contribution in [2.24, 2.45) is 0 Å². The van der Waals surface area contributed by atoms with Gasteiger partial charge in [-0.2, -0.15) is 0 Å². The lowest BCUT2D eigenvalue weighted by Gasteiger charge is -2.23. The van der Waals surface area contributed by atoms with Crippen molar-refractivity contribution in [2.75, 3.05) is 23.7 Å². The molecule has 2 aromatic carbocycles. The number of nitrogens with one attached hydrogen (secondary N) is 3. The summed E-state index contributed by atoms with van der Waals surface area (Å²) in [6.07, 6.45) is 3.99. The van der Waals surface area contributed by atoms with Gasteiger partial charge in [0.15, 0.2) is 0 Å². The molecular weight excluding hydrogens is 305 g/mol. The molecule has 0 radical (unpaired) electrons. The van der Waals surface area contributed by atoms with E-state index in [1.807, 2.05) is 12.1 Å². The lowest BCUT2D eigenvalue weighted by Crippen LogP contribution is -3.11. The van der Waals surface area contributed by atoms with E-state index in [4.69, 9.17) is 0 Å². The van der Waals surface area contributed by atoms with Crippen LogP contribution in [-0.2, 0) is 6.54 Å². The lowest BCUT2D eigenvalue weighted by molar-refractivity contribution is -0.918. The van der Waals surface area contributed by atoms with Gasteiger partial charge in [-0.3, -0.25) is 0 Å². The van der Waals surface area contributed by atoms with Crippen molar-refractivity contribution >= 4 is 17.4 Å². The summed E-state index contributed by atoms with van der Waals surface area (Å²) >= 11 is 0. The zero-order valence-corrected chi connectivity index (χ0v) is 13.6. The van der Waals surface area contributed by atoms with E-state index in [9.17, 15) is 9.18 Å². The molecule has 5 heteroatoms. The number of carbonyl (C=O) groups is 1. The maximum atomic E-state index is 12.8. The summed E-state index contributed by atoms with van der Waals surface area (Å²) in [6, 6.07) is 13.3. The van der Waals surface area contributed by atoms with Gasteiger partial charge >= 0.3 is 6.03 Å². The minimum absolute atomic E-state index is 0.326. The summed E-state index contributed by atoms with van der Waals surface area (Å²) in [7, 11) is 0. The number of carbonyl (C=O) groups excluding carboxylic acids is 1. The van der Waals surface area contributed by atoms with Crippen LogP contribution in [0.4, 0.5) is 20.6 Å². The zero-order chi connectivity index (χ0) is 16.8. The van der Waals surface area contributed by atoms with Gasteiger partial charge in [-0.1, -0.05) is 12.1 Å². The fraction of sp³-hybridized carbons (Fsp3) is 0.316. The monoisotopic (exact) mass is 328 g/mol. The van der Waals surface area contributed by atoms with Crippen molar-refractivity contribution in [1.82, 2.24) is 0 Å². The molecule has 2 aromatic rings. The molecular formula is C19H23FN3O+. The van der Waals surface area contributed by atoms with Gasteiger partial charge in [0.2, 0.25) is 0 Å². The number of quaternary nitrogens is 1. The molecule has 0 aromatic heterocycles. The molecule has 1 heterocycles. The Bertz CT molecular complexity index is 664. The number of urea groups is 1. The van der Waals surface area contributed by atoms with Crippen molar-refractivity contribution in [1.29, 1.82) is 0 Å². The van der Waals surface area contributed by atoms with E-state index in [-0.39, 0.29) is 11.8 Å². The Morgan fingerprint density at radius 1 is 0.875 bits per heavy atom. The Morgan fingerprint density at radius 2 is 1.42 bits per heavy atom. The van der Waals surface area contributed by atoms with Crippen molar-refractivity contribution in [3.8, 4) is 0 Å². The molecule has 0 unspecified atom stereocenters. The highest BCUT2D eigenvalue weighted by Crippen LogP contribution is 2.12. The van der Waals surface area contributed by atoms with Crippen LogP contribution < -0.4 is 15.5 Å². The van der Waals surface area contributed by atoms with Crippen LogP contribution >= 0.6 is 0 Å². The number of benzene rings is 2. The molecule has 3 rings (SSSR count). The second-order valence-electron chi connectivity index (χ2n) is 6.27. The summed E-state index contributed by atoms with van der Waals surface area (Å²) in [5.74, 6) is -0.326. The second-order valence-corrected chi connectivity index (χ2v) is 6.27. The van der Waals surface area contributed by atoms with Gasteiger partial charge in [0, 0.05) is 16.9 Å². The van der Waals surface area contributed by atoms with E-state index in [1.165, 1.54) is 62.2 Å². The molecule has 0 bridgehead atoms. The average molecular weight is 328 g/mol. The number of anilines is 2. The third kappa shape index (κ3) is 4.80. The topological polar surface area (TPSA) is 45.6 Å². The molecule has 1 fully saturated rings. The lowest BCUT2D eigenvalue weighted by atomic mass is 10.1. The molecule has 4 nitrogen and oxygen atoms in total. The standard InChI is InChI=1S/C19H22FN3O/c20-16-6-10-18(11-7-16)22-19(24)21-17-8-4-15(5-9-17)14-23-12-2-1-3-13-23/h4-11H,1-3,12-14H2,(H2,21,22,24)/p+1. The average Bonchev–Trinajstić information content (AvgIpc) is 2.60. The van der Waals surface area contributed by atoms with Crippen LogP contribution in [0.3, 0.4) is 0 Å². The van der Waals surface area contributed by atoms with Crippen molar-refractivity contribution in [3.63, 3.8) is 0 Å². The summed E-state index contributed by atoms with van der Waals surface area (Å²) in [5.41, 5.74) is 2.59. The number of halogens is 1. The first-order valence-corrected chi connectivity index (χ1v) is 8.45. The largest absolute Gasteiger partial charge is 0.331 e. The predicted octanol–water partition coefficient (Wildman–Crippen LogP) is 3.04. The Balaban J connectivity index is 1.51. The molecule has 24 heavy (non-hydrogen) atoms. The van der Waals surface area contributed by atoms with Gasteiger partial charge in [-0.15, -0.1) is 0 Å². The fourth-order valence-electron chi connectivity index (χ4n) is 3.05. The molecule has 0 aliphatic carbocycles. The first-order chi connectivity index (χ1) is 11.7. The first-order valence-electron chi connectivity index (χ1n) is 8.45. The Morgan fingerprint density at radius 3 is 2.00 bits per heavy atom. The van der Waals surface area contributed by atoms with Crippen LogP contribution in [0.15, 0.2) is 48.5 Å². The molecule has 1 aliphatic heterocycles. The number of hydrogen-bond donors (Lipinski definition) is 3. The van der Waals surface area contributed by atoms with Gasteiger partial charge in [0.05, 0.1) is 13.1 Å². The molecule has 0 atom stereocenters.